The summed E-state index contributed by atoms with van der Waals surface area (Å²) in [7, 11) is 0. The Morgan fingerprint density at radius 3 is 2.56 bits per heavy atom. The van der Waals surface area contributed by atoms with Crippen molar-refractivity contribution >= 4 is 11.2 Å². The summed E-state index contributed by atoms with van der Waals surface area (Å²) >= 11 is 0. The van der Waals surface area contributed by atoms with Crippen LogP contribution in [0.2, 0.25) is 0 Å². The molecule has 18 heavy (non-hydrogen) atoms. The first-order valence-corrected chi connectivity index (χ1v) is 5.33. The first kappa shape index (κ1) is 12.7. The van der Waals surface area contributed by atoms with Crippen LogP contribution in [-0.4, -0.2) is 24.6 Å². The molecule has 2 heterocycles. The molecule has 2 aromatic rings. The number of fused-ring (bicyclic) bond motifs is 1. The molecular weight excluding hydrogens is 249 g/mol. The number of aromatic nitrogens is 4. The summed E-state index contributed by atoms with van der Waals surface area (Å²) in [6.45, 7) is 3.60. The summed E-state index contributed by atoms with van der Waals surface area (Å²) in [4.78, 5) is 10.7. The van der Waals surface area contributed by atoms with Gasteiger partial charge in [-0.2, -0.15) is 13.2 Å². The van der Waals surface area contributed by atoms with Crippen LogP contribution in [0.3, 0.4) is 0 Å². The van der Waals surface area contributed by atoms with E-state index in [0.29, 0.717) is 6.54 Å². The van der Waals surface area contributed by atoms with Crippen molar-refractivity contribution in [3.63, 3.8) is 0 Å². The van der Waals surface area contributed by atoms with Crippen LogP contribution in [0.15, 0.2) is 6.20 Å². The van der Waals surface area contributed by atoms with E-state index in [1.54, 1.807) is 6.92 Å². The summed E-state index contributed by atoms with van der Waals surface area (Å²) < 4.78 is 39.0. The second-order valence-corrected chi connectivity index (χ2v) is 3.79. The number of alkyl halides is 3. The van der Waals surface area contributed by atoms with Gasteiger partial charge in [-0.15, -0.1) is 0 Å². The summed E-state index contributed by atoms with van der Waals surface area (Å²) in [5.74, 6) is -0.928. The van der Waals surface area contributed by atoms with E-state index >= 15 is 0 Å². The van der Waals surface area contributed by atoms with Gasteiger partial charge in [0.05, 0.1) is 6.20 Å². The first-order chi connectivity index (χ1) is 8.34. The minimum atomic E-state index is -4.60. The van der Waals surface area contributed by atoms with Gasteiger partial charge < -0.3 is 9.67 Å². The molecule has 0 saturated heterocycles. The van der Waals surface area contributed by atoms with Gasteiger partial charge in [-0.25, -0.2) is 15.0 Å². The number of aliphatic hydroxyl groups excluding tert-OH is 1. The van der Waals surface area contributed by atoms with Crippen LogP contribution in [0.4, 0.5) is 13.2 Å². The van der Waals surface area contributed by atoms with Gasteiger partial charge in [0.2, 0.25) is 5.82 Å². The molecule has 1 unspecified atom stereocenters. The number of nitrogens with zero attached hydrogens (tertiary/aromatic N) is 4. The predicted octanol–water partition coefficient (Wildman–Crippen LogP) is 1.92. The topological polar surface area (TPSA) is 63.8 Å². The zero-order valence-electron chi connectivity index (χ0n) is 9.73. The quantitative estimate of drug-likeness (QED) is 0.896. The number of aliphatic hydroxyl groups is 1. The first-order valence-electron chi connectivity index (χ1n) is 5.33. The molecule has 0 aliphatic rings. The third-order valence-electron chi connectivity index (χ3n) is 2.46. The molecule has 1 atom stereocenters. The maximum atomic E-state index is 12.5. The van der Waals surface area contributed by atoms with Crippen molar-refractivity contribution in [2.24, 2.45) is 0 Å². The van der Waals surface area contributed by atoms with Crippen molar-refractivity contribution in [3.05, 3.63) is 17.8 Å². The average molecular weight is 260 g/mol. The lowest BCUT2D eigenvalue weighted by Crippen LogP contribution is -2.12. The average Bonchev–Trinajstić information content (AvgIpc) is 2.65. The molecule has 0 saturated carbocycles. The van der Waals surface area contributed by atoms with E-state index < -0.39 is 18.1 Å². The fourth-order valence-corrected chi connectivity index (χ4v) is 1.70. The normalized spacial score (nSPS) is 14.1. The number of hydrogen-bond acceptors (Lipinski definition) is 4. The van der Waals surface area contributed by atoms with E-state index in [2.05, 4.69) is 15.0 Å². The molecule has 0 fully saturated rings. The van der Waals surface area contributed by atoms with Gasteiger partial charge in [0.15, 0.2) is 5.65 Å². The summed E-state index contributed by atoms with van der Waals surface area (Å²) in [5, 5.41) is 9.51. The molecule has 0 amide bonds. The molecule has 0 radical (unpaired) electrons. The number of aryl methyl sites for hydroxylation is 1. The molecular formula is C10H11F3N4O. The zero-order valence-corrected chi connectivity index (χ0v) is 9.73. The maximum Gasteiger partial charge on any atom is 0.451 e. The van der Waals surface area contributed by atoms with E-state index in [-0.39, 0.29) is 17.0 Å². The van der Waals surface area contributed by atoms with Crippen LogP contribution in [0, 0.1) is 0 Å². The van der Waals surface area contributed by atoms with Crippen LogP contribution in [0.1, 0.15) is 31.6 Å². The Bertz CT molecular complexity index is 576. The van der Waals surface area contributed by atoms with Gasteiger partial charge >= 0.3 is 6.18 Å². The highest BCUT2D eigenvalue weighted by molar-refractivity contribution is 5.70. The standard InChI is InChI=1S/C10H11F3N4O/c1-3-17-7(5(2)18)15-6-4-14-9(10(11,12)13)16-8(6)17/h4-5,18H,3H2,1-2H3. The maximum absolute atomic E-state index is 12.5. The van der Waals surface area contributed by atoms with Crippen LogP contribution in [0.25, 0.3) is 11.2 Å². The third-order valence-corrected chi connectivity index (χ3v) is 2.46. The Hall–Kier alpha value is -1.70. The van der Waals surface area contributed by atoms with Gasteiger partial charge in [-0.1, -0.05) is 0 Å². The van der Waals surface area contributed by atoms with Gasteiger partial charge in [-0.3, -0.25) is 0 Å². The predicted molar refractivity (Wildman–Crippen MR) is 56.6 cm³/mol. The van der Waals surface area contributed by atoms with Crippen LogP contribution in [-0.2, 0) is 12.7 Å². The molecule has 5 nitrogen and oxygen atoms in total. The molecule has 0 aromatic carbocycles. The van der Waals surface area contributed by atoms with E-state index in [1.165, 1.54) is 11.5 Å². The molecule has 0 spiro atoms. The van der Waals surface area contributed by atoms with Crippen molar-refractivity contribution in [1.29, 1.82) is 0 Å². The van der Waals surface area contributed by atoms with Gasteiger partial charge in [0.25, 0.3) is 0 Å². The second kappa shape index (κ2) is 4.20. The Kier molecular flexibility index (Phi) is 2.97. The van der Waals surface area contributed by atoms with Gasteiger partial charge in [-0.05, 0) is 13.8 Å². The lowest BCUT2D eigenvalue weighted by molar-refractivity contribution is -0.144. The minimum absolute atomic E-state index is 0.0794. The third kappa shape index (κ3) is 2.03. The van der Waals surface area contributed by atoms with Crippen molar-refractivity contribution in [3.8, 4) is 0 Å². The molecule has 0 bridgehead atoms. The van der Waals surface area contributed by atoms with Crippen LogP contribution >= 0.6 is 0 Å². The highest BCUT2D eigenvalue weighted by Crippen LogP contribution is 2.27. The Balaban J connectivity index is 2.68. The zero-order chi connectivity index (χ0) is 13.5. The highest BCUT2D eigenvalue weighted by atomic mass is 19.4. The van der Waals surface area contributed by atoms with Crippen molar-refractivity contribution in [2.45, 2.75) is 32.7 Å². The number of imidazole rings is 1. The number of hydrogen-bond donors (Lipinski definition) is 1. The highest BCUT2D eigenvalue weighted by Gasteiger charge is 2.35. The summed E-state index contributed by atoms with van der Waals surface area (Å²) in [5.41, 5.74) is 0.316. The lowest BCUT2D eigenvalue weighted by Gasteiger charge is -2.08. The van der Waals surface area contributed by atoms with Crippen LogP contribution < -0.4 is 0 Å². The SMILES string of the molecule is CCn1c(C(C)O)nc2cnc(C(F)(F)F)nc21. The number of rotatable bonds is 2. The molecule has 8 heteroatoms. The number of halogens is 3. The fourth-order valence-electron chi connectivity index (χ4n) is 1.70. The molecule has 0 aliphatic carbocycles. The van der Waals surface area contributed by atoms with Crippen molar-refractivity contribution in [1.82, 2.24) is 19.5 Å². The van der Waals surface area contributed by atoms with Crippen molar-refractivity contribution in [2.75, 3.05) is 0 Å². The molecule has 1 N–H and O–H groups in total. The van der Waals surface area contributed by atoms with E-state index in [0.717, 1.165) is 6.20 Å². The Labute approximate surface area is 100 Å². The second-order valence-electron chi connectivity index (χ2n) is 3.79. The smallest absolute Gasteiger partial charge is 0.385 e. The van der Waals surface area contributed by atoms with Gasteiger partial charge in [0.1, 0.15) is 17.4 Å². The minimum Gasteiger partial charge on any atom is -0.385 e. The molecule has 2 aromatic heterocycles. The van der Waals surface area contributed by atoms with Crippen LogP contribution in [0.5, 0.6) is 0 Å². The van der Waals surface area contributed by atoms with Gasteiger partial charge in [0, 0.05) is 6.54 Å². The van der Waals surface area contributed by atoms with Crippen molar-refractivity contribution < 1.29 is 18.3 Å². The fraction of sp³-hybridized carbons (Fsp3) is 0.500. The monoisotopic (exact) mass is 260 g/mol. The lowest BCUT2D eigenvalue weighted by atomic mass is 10.4. The molecule has 98 valence electrons. The molecule has 2 rings (SSSR count). The largest absolute Gasteiger partial charge is 0.451 e. The van der Waals surface area contributed by atoms with E-state index in [4.69, 9.17) is 0 Å². The summed E-state index contributed by atoms with van der Waals surface area (Å²) in [6.07, 6.45) is -4.46. The summed E-state index contributed by atoms with van der Waals surface area (Å²) in [6, 6.07) is 0. The van der Waals surface area contributed by atoms with E-state index in [1.807, 2.05) is 0 Å². The van der Waals surface area contributed by atoms with E-state index in [9.17, 15) is 18.3 Å². The Morgan fingerprint density at radius 2 is 2.06 bits per heavy atom. The molecule has 0 aliphatic heterocycles. The Morgan fingerprint density at radius 1 is 1.39 bits per heavy atom.